The molecule has 0 spiro atoms. The summed E-state index contributed by atoms with van der Waals surface area (Å²) in [6, 6.07) is 12.6. The highest BCUT2D eigenvalue weighted by atomic mass is 79.9. The molecule has 110 valence electrons. The van der Waals surface area contributed by atoms with Crippen molar-refractivity contribution in [3.8, 4) is 0 Å². The lowest BCUT2D eigenvalue weighted by Crippen LogP contribution is -2.33. The Bertz CT molecular complexity index is 698. The number of aliphatic hydroxyl groups is 1. The number of rotatable bonds is 5. The summed E-state index contributed by atoms with van der Waals surface area (Å²) in [5, 5.41) is 9.29. The van der Waals surface area contributed by atoms with E-state index in [0.717, 1.165) is 11.0 Å². The van der Waals surface area contributed by atoms with Crippen LogP contribution in [0.1, 0.15) is 18.7 Å². The van der Waals surface area contributed by atoms with Crippen molar-refractivity contribution < 1.29 is 17.0 Å². The highest BCUT2D eigenvalue weighted by Crippen LogP contribution is 2.18. The molecule has 0 saturated heterocycles. The van der Waals surface area contributed by atoms with Crippen LogP contribution in [0, 0.1) is 5.82 Å². The fourth-order valence-corrected chi connectivity index (χ4v) is 2.22. The first-order valence-electron chi connectivity index (χ1n) is 7.27. The molecule has 2 aromatic rings. The van der Waals surface area contributed by atoms with Crippen molar-refractivity contribution in [1.29, 1.82) is 0 Å². The number of carbonyl (C=O) groups excluding carboxylic acids is 1. The molecule has 1 N–H and O–H groups in total. The second-order valence-electron chi connectivity index (χ2n) is 4.32. The summed E-state index contributed by atoms with van der Waals surface area (Å²) < 4.78 is 30.2. The molecule has 0 atom stereocenters. The SMILES string of the molecule is [2H]C([2H])(CO)N(Cc1ccccc1)C(=O)c1cc(Br)ccc1F. The van der Waals surface area contributed by atoms with E-state index in [1.807, 2.05) is 0 Å². The molecular formula is C16H15BrFNO2. The quantitative estimate of drug-likeness (QED) is 0.896. The highest BCUT2D eigenvalue weighted by Gasteiger charge is 2.19. The molecule has 0 aromatic heterocycles. The van der Waals surface area contributed by atoms with Crippen molar-refractivity contribution in [3.63, 3.8) is 0 Å². The molecule has 2 rings (SSSR count). The predicted molar refractivity (Wildman–Crippen MR) is 82.4 cm³/mol. The highest BCUT2D eigenvalue weighted by molar-refractivity contribution is 9.10. The van der Waals surface area contributed by atoms with E-state index in [1.54, 1.807) is 30.3 Å². The maximum Gasteiger partial charge on any atom is 0.257 e. The molecule has 21 heavy (non-hydrogen) atoms. The lowest BCUT2D eigenvalue weighted by atomic mass is 10.1. The number of halogens is 2. The Morgan fingerprint density at radius 3 is 2.67 bits per heavy atom. The minimum atomic E-state index is -2.32. The smallest absolute Gasteiger partial charge is 0.257 e. The summed E-state index contributed by atoms with van der Waals surface area (Å²) in [7, 11) is 0. The normalized spacial score (nSPS) is 12.5. The standard InChI is InChI=1S/C16H15BrFNO2/c17-13-6-7-15(18)14(10-13)16(21)19(8-9-20)11-12-4-2-1-3-5-12/h1-7,10,20H,8-9,11H2/i8D2. The van der Waals surface area contributed by atoms with Crippen molar-refractivity contribution in [2.24, 2.45) is 0 Å². The van der Waals surface area contributed by atoms with E-state index in [9.17, 15) is 14.3 Å². The zero-order valence-electron chi connectivity index (χ0n) is 13.1. The third-order valence-corrected chi connectivity index (χ3v) is 3.34. The first kappa shape index (κ1) is 13.0. The maximum atomic E-state index is 14.0. The van der Waals surface area contributed by atoms with Crippen LogP contribution in [0.25, 0.3) is 0 Å². The molecule has 2 aromatic carbocycles. The second kappa shape index (κ2) is 7.33. The lowest BCUT2D eigenvalue weighted by Gasteiger charge is -2.22. The number of nitrogens with zero attached hydrogens (tertiary/aromatic N) is 1. The van der Waals surface area contributed by atoms with Gasteiger partial charge in [0.15, 0.2) is 0 Å². The van der Waals surface area contributed by atoms with Gasteiger partial charge in [0.2, 0.25) is 0 Å². The van der Waals surface area contributed by atoms with Crippen LogP contribution >= 0.6 is 15.9 Å². The van der Waals surface area contributed by atoms with Crippen LogP contribution < -0.4 is 0 Å². The first-order valence-corrected chi connectivity index (χ1v) is 7.06. The van der Waals surface area contributed by atoms with Crippen LogP contribution in [0.15, 0.2) is 53.0 Å². The van der Waals surface area contributed by atoms with Gasteiger partial charge in [-0.25, -0.2) is 4.39 Å². The zero-order valence-corrected chi connectivity index (χ0v) is 12.7. The zero-order chi connectivity index (χ0) is 17.0. The van der Waals surface area contributed by atoms with Crippen molar-refractivity contribution in [1.82, 2.24) is 4.90 Å². The number of aliphatic hydroxyl groups excluding tert-OH is 1. The number of hydrogen-bond acceptors (Lipinski definition) is 2. The van der Waals surface area contributed by atoms with E-state index in [2.05, 4.69) is 15.9 Å². The maximum absolute atomic E-state index is 14.0. The molecule has 0 bridgehead atoms. The van der Waals surface area contributed by atoms with Gasteiger partial charge in [0.1, 0.15) is 5.82 Å². The summed E-state index contributed by atoms with van der Waals surface area (Å²) >= 11 is 3.17. The van der Waals surface area contributed by atoms with Crippen LogP contribution in [0.2, 0.25) is 0 Å². The fraction of sp³-hybridized carbons (Fsp3) is 0.188. The van der Waals surface area contributed by atoms with Crippen LogP contribution in [0.4, 0.5) is 4.39 Å². The summed E-state index contributed by atoms with van der Waals surface area (Å²) in [6.45, 7) is -3.29. The van der Waals surface area contributed by atoms with E-state index < -0.39 is 24.8 Å². The molecule has 0 saturated carbocycles. The van der Waals surface area contributed by atoms with E-state index in [-0.39, 0.29) is 12.1 Å². The minimum Gasteiger partial charge on any atom is -0.395 e. The number of carbonyl (C=O) groups is 1. The minimum absolute atomic E-state index is 0.0841. The molecule has 5 heteroatoms. The monoisotopic (exact) mass is 353 g/mol. The molecule has 0 radical (unpaired) electrons. The van der Waals surface area contributed by atoms with Gasteiger partial charge in [0.25, 0.3) is 5.91 Å². The van der Waals surface area contributed by atoms with Crippen molar-refractivity contribution in [2.75, 3.05) is 13.1 Å². The van der Waals surface area contributed by atoms with Gasteiger partial charge in [0.05, 0.1) is 14.9 Å². The van der Waals surface area contributed by atoms with Gasteiger partial charge in [-0.2, -0.15) is 0 Å². The van der Waals surface area contributed by atoms with E-state index in [0.29, 0.717) is 10.0 Å². The molecule has 0 heterocycles. The third-order valence-electron chi connectivity index (χ3n) is 2.85. The average Bonchev–Trinajstić information content (AvgIpc) is 2.55. The van der Waals surface area contributed by atoms with Crippen molar-refractivity contribution >= 4 is 21.8 Å². The van der Waals surface area contributed by atoms with Crippen LogP contribution in [0.5, 0.6) is 0 Å². The van der Waals surface area contributed by atoms with E-state index >= 15 is 0 Å². The van der Waals surface area contributed by atoms with Crippen LogP contribution in [-0.2, 0) is 6.54 Å². The van der Waals surface area contributed by atoms with E-state index in [4.69, 9.17) is 2.74 Å². The summed E-state index contributed by atoms with van der Waals surface area (Å²) in [6.07, 6.45) is 0. The fourth-order valence-electron chi connectivity index (χ4n) is 1.86. The first-order chi connectivity index (χ1) is 10.8. The molecule has 0 fully saturated rings. The molecule has 1 amide bonds. The molecule has 3 nitrogen and oxygen atoms in total. The second-order valence-corrected chi connectivity index (χ2v) is 5.23. The summed E-state index contributed by atoms with van der Waals surface area (Å²) in [5.74, 6) is -1.57. The van der Waals surface area contributed by atoms with Gasteiger partial charge >= 0.3 is 0 Å². The average molecular weight is 354 g/mol. The summed E-state index contributed by atoms with van der Waals surface area (Å²) in [4.78, 5) is 13.5. The topological polar surface area (TPSA) is 40.5 Å². The van der Waals surface area contributed by atoms with Crippen LogP contribution in [-0.4, -0.2) is 29.0 Å². The summed E-state index contributed by atoms with van der Waals surface area (Å²) in [5.41, 5.74) is 0.418. The van der Waals surface area contributed by atoms with E-state index in [1.165, 1.54) is 12.1 Å². The number of amides is 1. The molecular weight excluding hydrogens is 337 g/mol. The predicted octanol–water partition coefficient (Wildman–Crippen LogP) is 3.22. The van der Waals surface area contributed by atoms with Gasteiger partial charge in [-0.15, -0.1) is 0 Å². The molecule has 0 aliphatic rings. The Kier molecular flexibility index (Phi) is 4.53. The largest absolute Gasteiger partial charge is 0.395 e. The van der Waals surface area contributed by atoms with Gasteiger partial charge in [0, 0.05) is 17.5 Å². The van der Waals surface area contributed by atoms with Gasteiger partial charge in [-0.05, 0) is 23.8 Å². The van der Waals surface area contributed by atoms with Gasteiger partial charge in [-0.3, -0.25) is 4.79 Å². The Morgan fingerprint density at radius 1 is 1.29 bits per heavy atom. The van der Waals surface area contributed by atoms with Gasteiger partial charge < -0.3 is 10.0 Å². The van der Waals surface area contributed by atoms with Crippen LogP contribution in [0.3, 0.4) is 0 Å². The Morgan fingerprint density at radius 2 is 2.00 bits per heavy atom. The molecule has 0 unspecified atom stereocenters. The number of benzene rings is 2. The lowest BCUT2D eigenvalue weighted by molar-refractivity contribution is 0.0703. The Labute approximate surface area is 134 Å². The molecule has 0 aliphatic carbocycles. The number of hydrogen-bond donors (Lipinski definition) is 1. The Hall–Kier alpha value is -1.72. The van der Waals surface area contributed by atoms with Gasteiger partial charge in [-0.1, -0.05) is 46.3 Å². The van der Waals surface area contributed by atoms with Crippen molar-refractivity contribution in [3.05, 3.63) is 69.9 Å². The molecule has 0 aliphatic heterocycles. The Balaban J connectivity index is 2.41. The third kappa shape index (κ3) is 4.12. The van der Waals surface area contributed by atoms with Crippen molar-refractivity contribution in [2.45, 2.75) is 6.54 Å².